The first kappa shape index (κ1) is 16.2. The van der Waals surface area contributed by atoms with E-state index in [0.717, 1.165) is 0 Å². The smallest absolute Gasteiger partial charge is 0.258 e. The number of amides is 1. The second kappa shape index (κ2) is 8.34. The van der Waals surface area contributed by atoms with Gasteiger partial charge in [-0.15, -0.1) is 0 Å². The predicted molar refractivity (Wildman–Crippen MR) is 79.3 cm³/mol. The van der Waals surface area contributed by atoms with Crippen molar-refractivity contribution in [1.29, 1.82) is 0 Å². The van der Waals surface area contributed by atoms with E-state index in [9.17, 15) is 4.79 Å². The third-order valence-corrected chi connectivity index (χ3v) is 2.67. The van der Waals surface area contributed by atoms with Gasteiger partial charge in [-0.05, 0) is 18.2 Å². The Kier molecular flexibility index (Phi) is 6.75. The number of thiocarbonyl (C=S) groups is 1. The summed E-state index contributed by atoms with van der Waals surface area (Å²) in [5.41, 5.74) is 6.21. The van der Waals surface area contributed by atoms with Crippen LogP contribution in [0.1, 0.15) is 5.56 Å². The molecule has 6 nitrogen and oxygen atoms in total. The molecule has 0 aliphatic carbocycles. The van der Waals surface area contributed by atoms with Gasteiger partial charge in [0.1, 0.15) is 4.99 Å². The van der Waals surface area contributed by atoms with E-state index >= 15 is 0 Å². The molecule has 0 bridgehead atoms. The zero-order valence-electron chi connectivity index (χ0n) is 11.5. The van der Waals surface area contributed by atoms with Gasteiger partial charge in [0.15, 0.2) is 18.1 Å². The highest BCUT2D eigenvalue weighted by Gasteiger charge is 2.09. The number of benzene rings is 1. The fourth-order valence-corrected chi connectivity index (χ4v) is 1.55. The first-order valence-electron chi connectivity index (χ1n) is 5.94. The number of nitrogens with two attached hydrogens (primary N) is 1. The topological polar surface area (TPSA) is 82.8 Å². The van der Waals surface area contributed by atoms with Gasteiger partial charge in [0, 0.05) is 19.2 Å². The van der Waals surface area contributed by atoms with Gasteiger partial charge in [-0.1, -0.05) is 12.2 Å². The Morgan fingerprint density at radius 2 is 2.10 bits per heavy atom. The van der Waals surface area contributed by atoms with Gasteiger partial charge >= 0.3 is 0 Å². The van der Waals surface area contributed by atoms with Crippen molar-refractivity contribution in [3.63, 3.8) is 0 Å². The van der Waals surface area contributed by atoms with Crippen LogP contribution >= 0.6 is 12.2 Å². The molecule has 20 heavy (non-hydrogen) atoms. The molecular weight excluding hydrogens is 280 g/mol. The normalized spacial score (nSPS) is 9.90. The summed E-state index contributed by atoms with van der Waals surface area (Å²) in [4.78, 5) is 11.8. The number of nitrogens with one attached hydrogen (secondary N) is 1. The summed E-state index contributed by atoms with van der Waals surface area (Å²) in [5.74, 6) is 0.692. The third kappa shape index (κ3) is 5.02. The van der Waals surface area contributed by atoms with Crippen LogP contribution in [-0.2, 0) is 9.53 Å². The quantitative estimate of drug-likeness (QED) is 0.536. The number of rotatable bonds is 8. The Morgan fingerprint density at radius 1 is 1.35 bits per heavy atom. The largest absolute Gasteiger partial charge is 0.493 e. The second-order valence-corrected chi connectivity index (χ2v) is 4.30. The van der Waals surface area contributed by atoms with E-state index in [1.807, 2.05) is 0 Å². The molecule has 0 fully saturated rings. The molecule has 0 aliphatic rings. The molecule has 0 saturated carbocycles. The SMILES string of the molecule is COCCNC(=O)COc1ccc(C(N)=S)cc1OC. The van der Waals surface area contributed by atoms with Crippen molar-refractivity contribution in [3.05, 3.63) is 23.8 Å². The predicted octanol–water partition coefficient (Wildman–Crippen LogP) is 0.471. The minimum absolute atomic E-state index is 0.105. The maximum absolute atomic E-state index is 11.5. The number of ether oxygens (including phenoxy) is 3. The van der Waals surface area contributed by atoms with Crippen molar-refractivity contribution in [2.24, 2.45) is 5.73 Å². The van der Waals surface area contributed by atoms with E-state index in [1.54, 1.807) is 25.3 Å². The highest BCUT2D eigenvalue weighted by Crippen LogP contribution is 2.27. The van der Waals surface area contributed by atoms with Crippen molar-refractivity contribution in [2.75, 3.05) is 34.0 Å². The van der Waals surface area contributed by atoms with Crippen LogP contribution in [0.25, 0.3) is 0 Å². The highest BCUT2D eigenvalue weighted by molar-refractivity contribution is 7.80. The van der Waals surface area contributed by atoms with E-state index in [2.05, 4.69) is 5.32 Å². The molecule has 0 saturated heterocycles. The monoisotopic (exact) mass is 298 g/mol. The van der Waals surface area contributed by atoms with Crippen LogP contribution in [-0.4, -0.2) is 44.9 Å². The molecule has 7 heteroatoms. The van der Waals surface area contributed by atoms with Gasteiger partial charge < -0.3 is 25.3 Å². The summed E-state index contributed by atoms with van der Waals surface area (Å²) in [6.45, 7) is 0.792. The van der Waals surface area contributed by atoms with Crippen LogP contribution in [0, 0.1) is 0 Å². The lowest BCUT2D eigenvalue weighted by Crippen LogP contribution is -2.31. The summed E-state index contributed by atoms with van der Waals surface area (Å²) in [5, 5.41) is 2.65. The van der Waals surface area contributed by atoms with E-state index < -0.39 is 0 Å². The summed E-state index contributed by atoms with van der Waals surface area (Å²) in [7, 11) is 3.07. The maximum Gasteiger partial charge on any atom is 0.258 e. The molecular formula is C13H18N2O4S. The number of carbonyl (C=O) groups excluding carboxylic acids is 1. The van der Waals surface area contributed by atoms with Gasteiger partial charge in [0.2, 0.25) is 0 Å². The lowest BCUT2D eigenvalue weighted by atomic mass is 10.2. The van der Waals surface area contributed by atoms with Gasteiger partial charge in [-0.2, -0.15) is 0 Å². The number of methoxy groups -OCH3 is 2. The molecule has 0 spiro atoms. The minimum Gasteiger partial charge on any atom is -0.493 e. The van der Waals surface area contributed by atoms with E-state index in [0.29, 0.717) is 30.2 Å². The molecule has 110 valence electrons. The average molecular weight is 298 g/mol. The molecule has 0 radical (unpaired) electrons. The van der Waals surface area contributed by atoms with Crippen molar-refractivity contribution in [1.82, 2.24) is 5.32 Å². The van der Waals surface area contributed by atoms with Crippen LogP contribution in [0.15, 0.2) is 18.2 Å². The van der Waals surface area contributed by atoms with E-state index in [-0.39, 0.29) is 17.5 Å². The molecule has 0 aliphatic heterocycles. The molecule has 3 N–H and O–H groups in total. The zero-order chi connectivity index (χ0) is 15.0. The Morgan fingerprint density at radius 3 is 2.70 bits per heavy atom. The summed E-state index contributed by atoms with van der Waals surface area (Å²) in [6, 6.07) is 5.04. The molecule has 1 rings (SSSR count). The van der Waals surface area contributed by atoms with Crippen molar-refractivity contribution in [2.45, 2.75) is 0 Å². The lowest BCUT2D eigenvalue weighted by molar-refractivity contribution is -0.123. The molecule has 1 aromatic carbocycles. The Labute approximate surface area is 123 Å². The van der Waals surface area contributed by atoms with Gasteiger partial charge in [0.25, 0.3) is 5.91 Å². The first-order chi connectivity index (χ1) is 9.58. The summed E-state index contributed by atoms with van der Waals surface area (Å²) < 4.78 is 15.4. The maximum atomic E-state index is 11.5. The Bertz CT molecular complexity index is 479. The van der Waals surface area contributed by atoms with Crippen LogP contribution < -0.4 is 20.5 Å². The lowest BCUT2D eigenvalue weighted by Gasteiger charge is -2.12. The highest BCUT2D eigenvalue weighted by atomic mass is 32.1. The summed E-state index contributed by atoms with van der Waals surface area (Å²) in [6.07, 6.45) is 0. The van der Waals surface area contributed by atoms with Crippen molar-refractivity contribution in [3.8, 4) is 11.5 Å². The number of hydrogen-bond acceptors (Lipinski definition) is 5. The number of hydrogen-bond donors (Lipinski definition) is 2. The molecule has 1 aromatic rings. The second-order valence-electron chi connectivity index (χ2n) is 3.86. The summed E-state index contributed by atoms with van der Waals surface area (Å²) >= 11 is 4.88. The Balaban J connectivity index is 2.59. The number of carbonyl (C=O) groups is 1. The van der Waals surface area contributed by atoms with Crippen LogP contribution in [0.3, 0.4) is 0 Å². The van der Waals surface area contributed by atoms with Gasteiger partial charge in [0.05, 0.1) is 13.7 Å². The molecule has 1 amide bonds. The van der Waals surface area contributed by atoms with E-state index in [4.69, 9.17) is 32.2 Å². The minimum atomic E-state index is -0.234. The van der Waals surface area contributed by atoms with Gasteiger partial charge in [-0.3, -0.25) is 4.79 Å². The van der Waals surface area contributed by atoms with Crippen LogP contribution in [0.2, 0.25) is 0 Å². The Hall–Kier alpha value is -1.86. The third-order valence-electron chi connectivity index (χ3n) is 2.44. The molecule has 0 aromatic heterocycles. The fraction of sp³-hybridized carbons (Fsp3) is 0.385. The average Bonchev–Trinajstić information content (AvgIpc) is 2.45. The van der Waals surface area contributed by atoms with Crippen LogP contribution in [0.5, 0.6) is 11.5 Å². The molecule has 0 unspecified atom stereocenters. The fourth-order valence-electron chi connectivity index (χ4n) is 1.43. The van der Waals surface area contributed by atoms with Gasteiger partial charge in [-0.25, -0.2) is 0 Å². The standard InChI is InChI=1S/C13H18N2O4S/c1-17-6-5-15-12(16)8-19-10-4-3-9(13(14)20)7-11(10)18-2/h3-4,7H,5-6,8H2,1-2H3,(H2,14,20)(H,15,16). The van der Waals surface area contributed by atoms with Crippen molar-refractivity contribution < 1.29 is 19.0 Å². The zero-order valence-corrected chi connectivity index (χ0v) is 12.3. The molecule has 0 atom stereocenters. The van der Waals surface area contributed by atoms with Crippen molar-refractivity contribution >= 4 is 23.1 Å². The van der Waals surface area contributed by atoms with Crippen LogP contribution in [0.4, 0.5) is 0 Å². The molecule has 0 heterocycles. The van der Waals surface area contributed by atoms with E-state index in [1.165, 1.54) is 7.11 Å². The first-order valence-corrected chi connectivity index (χ1v) is 6.35.